The standard InChI is InChI=1S/C13H19BrN2O2S/c1-13(2)7-3-4-12(13)16-19(17,18)11-8-9(14)5-6-10(11)15/h5-6,8,12,16H,3-4,7,15H2,1-2H3. The number of hydrogen-bond acceptors (Lipinski definition) is 3. The molecule has 0 spiro atoms. The molecule has 1 aromatic carbocycles. The van der Waals surface area contributed by atoms with E-state index in [9.17, 15) is 8.42 Å². The molecule has 0 aliphatic heterocycles. The molecule has 1 aromatic rings. The zero-order valence-corrected chi connectivity index (χ0v) is 13.5. The Hall–Kier alpha value is -0.590. The van der Waals surface area contributed by atoms with Crippen LogP contribution in [0.25, 0.3) is 0 Å². The fourth-order valence-electron chi connectivity index (χ4n) is 2.54. The van der Waals surface area contributed by atoms with Gasteiger partial charge in [0.05, 0.1) is 5.69 Å². The van der Waals surface area contributed by atoms with E-state index in [-0.39, 0.29) is 22.0 Å². The van der Waals surface area contributed by atoms with Gasteiger partial charge in [0.2, 0.25) is 10.0 Å². The third-order valence-electron chi connectivity index (χ3n) is 3.82. The molecule has 0 saturated heterocycles. The monoisotopic (exact) mass is 346 g/mol. The van der Waals surface area contributed by atoms with Crippen LogP contribution < -0.4 is 10.5 Å². The van der Waals surface area contributed by atoms with Crippen LogP contribution in [-0.4, -0.2) is 14.5 Å². The molecule has 1 unspecified atom stereocenters. The second kappa shape index (κ2) is 5.07. The summed E-state index contributed by atoms with van der Waals surface area (Å²) in [5.41, 5.74) is 6.04. The Morgan fingerprint density at radius 3 is 2.68 bits per heavy atom. The van der Waals surface area contributed by atoms with Crippen molar-refractivity contribution in [2.24, 2.45) is 5.41 Å². The van der Waals surface area contributed by atoms with Gasteiger partial charge in [0.25, 0.3) is 0 Å². The lowest BCUT2D eigenvalue weighted by Crippen LogP contribution is -2.41. The maximum absolute atomic E-state index is 12.4. The van der Waals surface area contributed by atoms with Gasteiger partial charge in [-0.1, -0.05) is 36.2 Å². The number of sulfonamides is 1. The van der Waals surface area contributed by atoms with Gasteiger partial charge in [-0.2, -0.15) is 0 Å². The minimum Gasteiger partial charge on any atom is -0.398 e. The van der Waals surface area contributed by atoms with E-state index in [0.717, 1.165) is 19.3 Å². The zero-order chi connectivity index (χ0) is 14.3. The van der Waals surface area contributed by atoms with E-state index >= 15 is 0 Å². The lowest BCUT2D eigenvalue weighted by Gasteiger charge is -2.27. The van der Waals surface area contributed by atoms with Crippen molar-refractivity contribution in [1.82, 2.24) is 4.72 Å². The number of halogens is 1. The van der Waals surface area contributed by atoms with Crippen molar-refractivity contribution in [3.63, 3.8) is 0 Å². The van der Waals surface area contributed by atoms with Gasteiger partial charge >= 0.3 is 0 Å². The molecule has 0 aromatic heterocycles. The normalized spacial score (nSPS) is 22.6. The molecule has 1 saturated carbocycles. The van der Waals surface area contributed by atoms with E-state index < -0.39 is 10.0 Å². The second-order valence-corrected chi connectivity index (χ2v) is 8.33. The molecule has 3 N–H and O–H groups in total. The Labute approximate surface area is 122 Å². The van der Waals surface area contributed by atoms with E-state index in [4.69, 9.17) is 5.73 Å². The summed E-state index contributed by atoms with van der Waals surface area (Å²) in [4.78, 5) is 0.143. The molecule has 4 nitrogen and oxygen atoms in total. The molecule has 2 rings (SSSR count). The summed E-state index contributed by atoms with van der Waals surface area (Å²) in [6, 6.07) is 4.84. The first-order chi connectivity index (χ1) is 8.72. The quantitative estimate of drug-likeness (QED) is 0.826. The average Bonchev–Trinajstić information content (AvgIpc) is 2.61. The number of anilines is 1. The summed E-state index contributed by atoms with van der Waals surface area (Å²) in [7, 11) is -3.57. The molecular weight excluding hydrogens is 328 g/mol. The molecule has 0 radical (unpaired) electrons. The number of nitrogens with one attached hydrogen (secondary N) is 1. The molecule has 0 bridgehead atoms. The van der Waals surface area contributed by atoms with Crippen molar-refractivity contribution in [1.29, 1.82) is 0 Å². The van der Waals surface area contributed by atoms with Gasteiger partial charge in [-0.15, -0.1) is 0 Å². The van der Waals surface area contributed by atoms with Crippen molar-refractivity contribution in [2.45, 2.75) is 44.0 Å². The number of rotatable bonds is 3. The van der Waals surface area contributed by atoms with Crippen LogP contribution in [0.1, 0.15) is 33.1 Å². The lowest BCUT2D eigenvalue weighted by molar-refractivity contribution is 0.313. The first kappa shape index (κ1) is 14.8. The highest BCUT2D eigenvalue weighted by molar-refractivity contribution is 9.10. The Morgan fingerprint density at radius 2 is 2.11 bits per heavy atom. The Balaban J connectivity index is 2.31. The van der Waals surface area contributed by atoms with Crippen molar-refractivity contribution < 1.29 is 8.42 Å². The predicted octanol–water partition coefficient (Wildman–Crippen LogP) is 2.89. The van der Waals surface area contributed by atoms with Crippen LogP contribution in [0.15, 0.2) is 27.6 Å². The third kappa shape index (κ3) is 3.12. The van der Waals surface area contributed by atoms with E-state index in [2.05, 4.69) is 34.5 Å². The van der Waals surface area contributed by atoms with Gasteiger partial charge in [-0.3, -0.25) is 0 Å². The molecule has 1 fully saturated rings. The molecule has 1 aliphatic carbocycles. The summed E-state index contributed by atoms with van der Waals surface area (Å²) in [6.45, 7) is 4.19. The minimum atomic E-state index is -3.57. The van der Waals surface area contributed by atoms with Crippen LogP contribution in [0.4, 0.5) is 5.69 Å². The molecule has 0 heterocycles. The fourth-order valence-corrected chi connectivity index (χ4v) is 4.65. The zero-order valence-electron chi connectivity index (χ0n) is 11.1. The van der Waals surface area contributed by atoms with E-state index in [1.807, 2.05) is 0 Å². The maximum Gasteiger partial charge on any atom is 0.242 e. The van der Waals surface area contributed by atoms with Crippen LogP contribution >= 0.6 is 15.9 Å². The van der Waals surface area contributed by atoms with Crippen LogP contribution in [0.5, 0.6) is 0 Å². The number of nitrogens with two attached hydrogens (primary N) is 1. The summed E-state index contributed by atoms with van der Waals surface area (Å²) in [5, 5.41) is 0. The first-order valence-corrected chi connectivity index (χ1v) is 8.57. The highest BCUT2D eigenvalue weighted by atomic mass is 79.9. The number of nitrogen functional groups attached to an aromatic ring is 1. The van der Waals surface area contributed by atoms with Crippen LogP contribution in [0.3, 0.4) is 0 Å². The molecular formula is C13H19BrN2O2S. The van der Waals surface area contributed by atoms with E-state index in [0.29, 0.717) is 4.47 Å². The van der Waals surface area contributed by atoms with Crippen molar-refractivity contribution in [2.75, 3.05) is 5.73 Å². The molecule has 106 valence electrons. The Bertz CT molecular complexity index is 584. The maximum atomic E-state index is 12.4. The SMILES string of the molecule is CC1(C)CCCC1NS(=O)(=O)c1cc(Br)ccc1N. The first-order valence-electron chi connectivity index (χ1n) is 6.30. The smallest absolute Gasteiger partial charge is 0.242 e. The number of benzene rings is 1. The highest BCUT2D eigenvalue weighted by Gasteiger charge is 2.37. The van der Waals surface area contributed by atoms with E-state index in [1.54, 1.807) is 18.2 Å². The molecule has 1 aliphatic rings. The Morgan fingerprint density at radius 1 is 1.42 bits per heavy atom. The van der Waals surface area contributed by atoms with Gasteiger partial charge in [-0.05, 0) is 36.5 Å². The highest BCUT2D eigenvalue weighted by Crippen LogP contribution is 2.38. The van der Waals surface area contributed by atoms with Gasteiger partial charge in [-0.25, -0.2) is 13.1 Å². The van der Waals surface area contributed by atoms with Crippen LogP contribution in [0, 0.1) is 5.41 Å². The van der Waals surface area contributed by atoms with Gasteiger partial charge in [0.15, 0.2) is 0 Å². The number of hydrogen-bond donors (Lipinski definition) is 2. The predicted molar refractivity (Wildman–Crippen MR) is 80.3 cm³/mol. The van der Waals surface area contributed by atoms with Crippen molar-refractivity contribution in [3.05, 3.63) is 22.7 Å². The molecule has 0 amide bonds. The van der Waals surface area contributed by atoms with Crippen LogP contribution in [0.2, 0.25) is 0 Å². The van der Waals surface area contributed by atoms with E-state index in [1.165, 1.54) is 0 Å². The van der Waals surface area contributed by atoms with Crippen molar-refractivity contribution in [3.8, 4) is 0 Å². The van der Waals surface area contributed by atoms with Crippen molar-refractivity contribution >= 4 is 31.6 Å². The lowest BCUT2D eigenvalue weighted by atomic mass is 9.88. The van der Waals surface area contributed by atoms with Gasteiger partial charge in [0.1, 0.15) is 4.90 Å². The van der Waals surface area contributed by atoms with Gasteiger partial charge < -0.3 is 5.73 Å². The second-order valence-electron chi connectivity index (χ2n) is 5.74. The summed E-state index contributed by atoms with van der Waals surface area (Å²) in [5.74, 6) is 0. The molecule has 6 heteroatoms. The average molecular weight is 347 g/mol. The Kier molecular flexibility index (Phi) is 3.95. The summed E-state index contributed by atoms with van der Waals surface area (Å²) in [6.07, 6.45) is 2.96. The largest absolute Gasteiger partial charge is 0.398 e. The fraction of sp³-hybridized carbons (Fsp3) is 0.538. The van der Waals surface area contributed by atoms with Crippen LogP contribution in [-0.2, 0) is 10.0 Å². The molecule has 1 atom stereocenters. The summed E-state index contributed by atoms with van der Waals surface area (Å²) < 4.78 is 28.4. The third-order valence-corrected chi connectivity index (χ3v) is 5.84. The van der Waals surface area contributed by atoms with Gasteiger partial charge in [0, 0.05) is 10.5 Å². The molecule has 19 heavy (non-hydrogen) atoms. The topological polar surface area (TPSA) is 72.2 Å². The minimum absolute atomic E-state index is 0.00611. The summed E-state index contributed by atoms with van der Waals surface area (Å²) >= 11 is 3.28.